The third-order valence-electron chi connectivity index (χ3n) is 3.96. The number of amides is 1. The Morgan fingerprint density at radius 3 is 2.62 bits per heavy atom. The van der Waals surface area contributed by atoms with E-state index in [4.69, 9.17) is 4.52 Å². The number of benzene rings is 1. The van der Waals surface area contributed by atoms with E-state index in [9.17, 15) is 9.59 Å². The molecule has 1 aromatic carbocycles. The van der Waals surface area contributed by atoms with E-state index < -0.39 is 0 Å². The van der Waals surface area contributed by atoms with Crippen molar-refractivity contribution in [1.29, 1.82) is 0 Å². The summed E-state index contributed by atoms with van der Waals surface area (Å²) in [5.74, 6) is 0.0114. The van der Waals surface area contributed by atoms with Crippen molar-refractivity contribution in [1.82, 2.24) is 20.7 Å². The topological polar surface area (TPSA) is 101 Å². The Bertz CT molecular complexity index is 908. The maximum absolute atomic E-state index is 11.8. The number of nitrogens with zero attached hydrogens (tertiary/aromatic N) is 2. The second-order valence-corrected chi connectivity index (χ2v) is 6.05. The molecule has 2 N–H and O–H groups in total. The van der Waals surface area contributed by atoms with Gasteiger partial charge in [0, 0.05) is 24.2 Å². The predicted molar refractivity (Wildman–Crippen MR) is 96.8 cm³/mol. The molecule has 3 aromatic rings. The number of carbonyl (C=O) groups is 1. The summed E-state index contributed by atoms with van der Waals surface area (Å²) in [5.41, 5.74) is 3.39. The van der Waals surface area contributed by atoms with Gasteiger partial charge in [0.25, 0.3) is 11.5 Å². The van der Waals surface area contributed by atoms with Crippen molar-refractivity contribution in [2.45, 2.75) is 26.2 Å². The fraction of sp³-hybridized carbons (Fsp3) is 0.263. The molecule has 0 aliphatic heterocycles. The van der Waals surface area contributed by atoms with Gasteiger partial charge in [-0.3, -0.25) is 9.59 Å². The molecule has 0 fully saturated rings. The number of unbranched alkanes of at least 4 members (excludes halogenated alkanes) is 1. The zero-order valence-electron chi connectivity index (χ0n) is 14.5. The monoisotopic (exact) mass is 352 g/mol. The van der Waals surface area contributed by atoms with E-state index in [1.807, 2.05) is 12.1 Å². The summed E-state index contributed by atoms with van der Waals surface area (Å²) in [6.07, 6.45) is 2.77. The van der Waals surface area contributed by atoms with Gasteiger partial charge in [-0.2, -0.15) is 5.10 Å². The Labute approximate surface area is 150 Å². The summed E-state index contributed by atoms with van der Waals surface area (Å²) in [7, 11) is 0. The smallest absolute Gasteiger partial charge is 0.289 e. The first-order valence-electron chi connectivity index (χ1n) is 8.48. The zero-order valence-corrected chi connectivity index (χ0v) is 14.5. The number of hydrogen-bond acceptors (Lipinski definition) is 5. The molecular weight excluding hydrogens is 332 g/mol. The third kappa shape index (κ3) is 4.66. The van der Waals surface area contributed by atoms with Gasteiger partial charge >= 0.3 is 0 Å². The number of H-pyrrole nitrogens is 1. The number of hydrogen-bond donors (Lipinski definition) is 2. The van der Waals surface area contributed by atoms with E-state index in [1.165, 1.54) is 11.6 Å². The molecule has 0 aliphatic rings. The third-order valence-corrected chi connectivity index (χ3v) is 3.96. The van der Waals surface area contributed by atoms with Crippen LogP contribution in [0.5, 0.6) is 0 Å². The molecule has 0 saturated heterocycles. The quantitative estimate of drug-likeness (QED) is 0.636. The molecule has 0 radical (unpaired) electrons. The number of aromatic nitrogens is 3. The van der Waals surface area contributed by atoms with Crippen LogP contribution < -0.4 is 10.9 Å². The first kappa shape index (κ1) is 17.6. The predicted octanol–water partition coefficient (Wildman–Crippen LogP) is 2.49. The van der Waals surface area contributed by atoms with Gasteiger partial charge in [0.15, 0.2) is 0 Å². The molecular formula is C19H20N4O3. The number of aryl methyl sites for hydroxylation is 2. The average molecular weight is 352 g/mol. The van der Waals surface area contributed by atoms with Crippen LogP contribution in [0.2, 0.25) is 0 Å². The summed E-state index contributed by atoms with van der Waals surface area (Å²) in [6, 6.07) is 12.9. The van der Waals surface area contributed by atoms with Crippen molar-refractivity contribution < 1.29 is 9.32 Å². The lowest BCUT2D eigenvalue weighted by Gasteiger charge is -2.05. The summed E-state index contributed by atoms with van der Waals surface area (Å²) in [5, 5.41) is 13.0. The van der Waals surface area contributed by atoms with Gasteiger partial charge < -0.3 is 9.84 Å². The summed E-state index contributed by atoms with van der Waals surface area (Å²) in [6.45, 7) is 2.37. The first-order valence-corrected chi connectivity index (χ1v) is 8.48. The van der Waals surface area contributed by atoms with Gasteiger partial charge in [-0.25, -0.2) is 5.10 Å². The number of rotatable bonds is 7. The van der Waals surface area contributed by atoms with E-state index in [0.29, 0.717) is 12.2 Å². The minimum atomic E-state index is -0.233. The van der Waals surface area contributed by atoms with Crippen LogP contribution in [-0.4, -0.2) is 27.8 Å². The lowest BCUT2D eigenvalue weighted by atomic mass is 10.0. The first-order chi connectivity index (χ1) is 12.6. The van der Waals surface area contributed by atoms with Gasteiger partial charge in [0.1, 0.15) is 0 Å². The largest absolute Gasteiger partial charge is 0.351 e. The fourth-order valence-corrected chi connectivity index (χ4v) is 2.56. The summed E-state index contributed by atoms with van der Waals surface area (Å²) < 4.78 is 4.92. The number of carbonyl (C=O) groups excluding carboxylic acids is 1. The Hall–Kier alpha value is -3.22. The van der Waals surface area contributed by atoms with Gasteiger partial charge in [-0.1, -0.05) is 29.4 Å². The Morgan fingerprint density at radius 2 is 1.96 bits per heavy atom. The number of aromatic amines is 1. The van der Waals surface area contributed by atoms with Gasteiger partial charge in [0.05, 0.1) is 11.4 Å². The molecule has 0 bridgehead atoms. The minimum absolute atomic E-state index is 0.212. The van der Waals surface area contributed by atoms with Gasteiger partial charge in [0.2, 0.25) is 5.76 Å². The highest BCUT2D eigenvalue weighted by molar-refractivity contribution is 5.91. The molecule has 7 heteroatoms. The average Bonchev–Trinajstić information content (AvgIpc) is 3.09. The van der Waals surface area contributed by atoms with Crippen molar-refractivity contribution in [2.24, 2.45) is 0 Å². The van der Waals surface area contributed by atoms with Crippen molar-refractivity contribution in [3.8, 4) is 11.3 Å². The summed E-state index contributed by atoms with van der Waals surface area (Å²) in [4.78, 5) is 22.9. The molecule has 0 atom stereocenters. The van der Waals surface area contributed by atoms with E-state index >= 15 is 0 Å². The van der Waals surface area contributed by atoms with E-state index in [0.717, 1.165) is 30.5 Å². The standard InChI is InChI=1S/C19H20N4O3/c1-13-12-17(26-23-13)19(25)20-11-3-2-4-14-5-7-15(8-6-14)16-9-10-18(24)22-21-16/h5-10,12H,2-4,11H2,1H3,(H,20,25)(H,22,24). The zero-order chi connectivity index (χ0) is 18.4. The highest BCUT2D eigenvalue weighted by Gasteiger charge is 2.10. The SMILES string of the molecule is Cc1cc(C(=O)NCCCCc2ccc(-c3ccc(=O)[nH]n3)cc2)on1. The van der Waals surface area contributed by atoms with Crippen LogP contribution in [0.1, 0.15) is 34.7 Å². The van der Waals surface area contributed by atoms with E-state index in [-0.39, 0.29) is 17.2 Å². The Balaban J connectivity index is 1.41. The molecule has 1 amide bonds. The van der Waals surface area contributed by atoms with Crippen LogP contribution in [-0.2, 0) is 6.42 Å². The minimum Gasteiger partial charge on any atom is -0.351 e. The maximum atomic E-state index is 11.8. The number of nitrogens with one attached hydrogen (secondary N) is 2. The molecule has 3 rings (SSSR count). The van der Waals surface area contributed by atoms with Crippen LogP contribution in [0.25, 0.3) is 11.3 Å². The Morgan fingerprint density at radius 1 is 1.15 bits per heavy atom. The van der Waals surface area contributed by atoms with Crippen LogP contribution in [0.3, 0.4) is 0 Å². The summed E-state index contributed by atoms with van der Waals surface area (Å²) >= 11 is 0. The molecule has 7 nitrogen and oxygen atoms in total. The second-order valence-electron chi connectivity index (χ2n) is 6.05. The molecule has 2 heterocycles. The molecule has 26 heavy (non-hydrogen) atoms. The highest BCUT2D eigenvalue weighted by Crippen LogP contribution is 2.16. The van der Waals surface area contributed by atoms with Crippen molar-refractivity contribution >= 4 is 5.91 Å². The molecule has 134 valence electrons. The lowest BCUT2D eigenvalue weighted by molar-refractivity contribution is 0.0916. The normalized spacial score (nSPS) is 10.7. The maximum Gasteiger partial charge on any atom is 0.289 e. The van der Waals surface area contributed by atoms with Gasteiger partial charge in [-0.15, -0.1) is 0 Å². The van der Waals surface area contributed by atoms with Crippen molar-refractivity contribution in [2.75, 3.05) is 6.54 Å². The van der Waals surface area contributed by atoms with E-state index in [2.05, 4.69) is 32.8 Å². The molecule has 0 aliphatic carbocycles. The van der Waals surface area contributed by atoms with Crippen LogP contribution in [0.15, 0.2) is 51.8 Å². The van der Waals surface area contributed by atoms with Gasteiger partial charge in [-0.05, 0) is 37.8 Å². The molecule has 0 saturated carbocycles. The molecule has 0 spiro atoms. The second kappa shape index (κ2) is 8.24. The van der Waals surface area contributed by atoms with Crippen molar-refractivity contribution in [3.63, 3.8) is 0 Å². The van der Waals surface area contributed by atoms with Crippen LogP contribution in [0, 0.1) is 6.92 Å². The molecule has 2 aromatic heterocycles. The van der Waals surface area contributed by atoms with E-state index in [1.54, 1.807) is 19.1 Å². The van der Waals surface area contributed by atoms with Crippen LogP contribution in [0.4, 0.5) is 0 Å². The fourth-order valence-electron chi connectivity index (χ4n) is 2.56. The van der Waals surface area contributed by atoms with Crippen molar-refractivity contribution in [3.05, 3.63) is 69.8 Å². The Kier molecular flexibility index (Phi) is 5.58. The van der Waals surface area contributed by atoms with Crippen LogP contribution >= 0.6 is 0 Å². The lowest BCUT2D eigenvalue weighted by Crippen LogP contribution is -2.24. The highest BCUT2D eigenvalue weighted by atomic mass is 16.5. The molecule has 0 unspecified atom stereocenters.